The van der Waals surface area contributed by atoms with Gasteiger partial charge in [-0.15, -0.1) is 0 Å². The SMILES string of the molecule is CC1(C)CCC(CC2(CN)CC3CCC2C3)O1. The zero-order valence-corrected chi connectivity index (χ0v) is 11.4. The molecule has 3 aliphatic rings. The monoisotopic (exact) mass is 237 g/mol. The van der Waals surface area contributed by atoms with Gasteiger partial charge in [-0.25, -0.2) is 0 Å². The van der Waals surface area contributed by atoms with Gasteiger partial charge in [-0.05, 0) is 76.2 Å². The Balaban J connectivity index is 1.67. The average molecular weight is 237 g/mol. The van der Waals surface area contributed by atoms with Gasteiger partial charge in [0.1, 0.15) is 0 Å². The van der Waals surface area contributed by atoms with Gasteiger partial charge in [0.05, 0.1) is 11.7 Å². The molecule has 2 aliphatic carbocycles. The van der Waals surface area contributed by atoms with E-state index < -0.39 is 0 Å². The van der Waals surface area contributed by atoms with Gasteiger partial charge >= 0.3 is 0 Å². The maximum Gasteiger partial charge on any atom is 0.0631 e. The van der Waals surface area contributed by atoms with Crippen LogP contribution in [0.2, 0.25) is 0 Å². The van der Waals surface area contributed by atoms with E-state index in [0.29, 0.717) is 11.5 Å². The molecule has 0 radical (unpaired) electrons. The summed E-state index contributed by atoms with van der Waals surface area (Å²) in [7, 11) is 0. The lowest BCUT2D eigenvalue weighted by atomic mass is 9.69. The molecule has 3 fully saturated rings. The predicted octanol–water partition coefficient (Wildman–Crippen LogP) is 3.10. The zero-order valence-electron chi connectivity index (χ0n) is 11.4. The summed E-state index contributed by atoms with van der Waals surface area (Å²) in [5, 5.41) is 0. The normalized spacial score (nSPS) is 47.8. The average Bonchev–Trinajstić information content (AvgIpc) is 2.93. The number of rotatable bonds is 3. The molecule has 2 saturated carbocycles. The molecule has 0 aromatic rings. The van der Waals surface area contributed by atoms with Crippen LogP contribution in [0.15, 0.2) is 0 Å². The zero-order chi connectivity index (χ0) is 12.1. The van der Waals surface area contributed by atoms with Crippen LogP contribution >= 0.6 is 0 Å². The van der Waals surface area contributed by atoms with Crippen molar-refractivity contribution in [1.82, 2.24) is 0 Å². The summed E-state index contributed by atoms with van der Waals surface area (Å²) < 4.78 is 6.19. The largest absolute Gasteiger partial charge is 0.372 e. The van der Waals surface area contributed by atoms with E-state index in [1.807, 2.05) is 0 Å². The van der Waals surface area contributed by atoms with E-state index in [1.54, 1.807) is 0 Å². The van der Waals surface area contributed by atoms with Crippen LogP contribution in [-0.2, 0) is 4.74 Å². The summed E-state index contributed by atoms with van der Waals surface area (Å²) in [6.07, 6.45) is 9.89. The van der Waals surface area contributed by atoms with Gasteiger partial charge in [-0.2, -0.15) is 0 Å². The van der Waals surface area contributed by atoms with E-state index in [9.17, 15) is 0 Å². The summed E-state index contributed by atoms with van der Waals surface area (Å²) in [6, 6.07) is 0. The van der Waals surface area contributed by atoms with Crippen molar-refractivity contribution in [1.29, 1.82) is 0 Å². The molecule has 2 nitrogen and oxygen atoms in total. The highest BCUT2D eigenvalue weighted by molar-refractivity contribution is 5.02. The van der Waals surface area contributed by atoms with Crippen LogP contribution in [-0.4, -0.2) is 18.2 Å². The molecule has 2 heteroatoms. The van der Waals surface area contributed by atoms with Crippen LogP contribution in [0.25, 0.3) is 0 Å². The van der Waals surface area contributed by atoms with E-state index in [0.717, 1.165) is 18.4 Å². The first-order chi connectivity index (χ1) is 8.03. The lowest BCUT2D eigenvalue weighted by molar-refractivity contribution is -0.0427. The van der Waals surface area contributed by atoms with Crippen LogP contribution in [0, 0.1) is 17.3 Å². The van der Waals surface area contributed by atoms with Gasteiger partial charge < -0.3 is 10.5 Å². The third-order valence-electron chi connectivity index (χ3n) is 5.70. The molecule has 4 atom stereocenters. The van der Waals surface area contributed by atoms with Gasteiger partial charge in [0, 0.05) is 0 Å². The smallest absolute Gasteiger partial charge is 0.0631 e. The van der Waals surface area contributed by atoms with E-state index in [4.69, 9.17) is 10.5 Å². The lowest BCUT2D eigenvalue weighted by Gasteiger charge is -2.39. The molecule has 1 saturated heterocycles. The Kier molecular flexibility index (Phi) is 2.79. The molecule has 1 aliphatic heterocycles. The van der Waals surface area contributed by atoms with Gasteiger partial charge in [-0.3, -0.25) is 0 Å². The number of nitrogens with two attached hydrogens (primary N) is 1. The first kappa shape index (κ1) is 12.0. The van der Waals surface area contributed by atoms with Crippen LogP contribution in [0.3, 0.4) is 0 Å². The first-order valence-corrected chi connectivity index (χ1v) is 7.41. The van der Waals surface area contributed by atoms with E-state index >= 15 is 0 Å². The van der Waals surface area contributed by atoms with Crippen molar-refractivity contribution in [3.8, 4) is 0 Å². The molecule has 3 rings (SSSR count). The second-order valence-corrected chi connectivity index (χ2v) is 7.39. The summed E-state index contributed by atoms with van der Waals surface area (Å²) in [4.78, 5) is 0. The Hall–Kier alpha value is -0.0800. The van der Waals surface area contributed by atoms with Crippen molar-refractivity contribution in [3.05, 3.63) is 0 Å². The van der Waals surface area contributed by atoms with Crippen molar-refractivity contribution in [3.63, 3.8) is 0 Å². The van der Waals surface area contributed by atoms with Crippen LogP contribution < -0.4 is 5.73 Å². The molecular formula is C15H27NO. The molecule has 98 valence electrons. The summed E-state index contributed by atoms with van der Waals surface area (Å²) in [6.45, 7) is 5.33. The van der Waals surface area contributed by atoms with Crippen molar-refractivity contribution in [2.45, 2.75) is 70.5 Å². The number of ether oxygens (including phenoxy) is 1. The van der Waals surface area contributed by atoms with Crippen molar-refractivity contribution in [2.24, 2.45) is 23.0 Å². The van der Waals surface area contributed by atoms with Gasteiger partial charge in [0.15, 0.2) is 0 Å². The van der Waals surface area contributed by atoms with Gasteiger partial charge in [-0.1, -0.05) is 6.42 Å². The lowest BCUT2D eigenvalue weighted by Crippen LogP contribution is -2.39. The summed E-state index contributed by atoms with van der Waals surface area (Å²) in [5.74, 6) is 1.89. The minimum absolute atomic E-state index is 0.109. The molecule has 2 bridgehead atoms. The minimum atomic E-state index is 0.109. The molecule has 0 spiro atoms. The van der Waals surface area contributed by atoms with Crippen molar-refractivity contribution < 1.29 is 4.74 Å². The Labute approximate surface area is 105 Å². The number of fused-ring (bicyclic) bond motifs is 2. The fourth-order valence-corrected chi connectivity index (χ4v) is 4.82. The topological polar surface area (TPSA) is 35.2 Å². The second kappa shape index (κ2) is 3.96. The summed E-state index contributed by atoms with van der Waals surface area (Å²) >= 11 is 0. The maximum atomic E-state index is 6.19. The van der Waals surface area contributed by atoms with Crippen molar-refractivity contribution >= 4 is 0 Å². The highest BCUT2D eigenvalue weighted by Gasteiger charge is 2.51. The standard InChI is InChI=1S/C15H27NO/c1-14(2)6-5-13(17-14)9-15(10-16)8-11-3-4-12(15)7-11/h11-13H,3-10,16H2,1-2H3. The Morgan fingerprint density at radius 1 is 1.24 bits per heavy atom. The second-order valence-electron chi connectivity index (χ2n) is 7.39. The van der Waals surface area contributed by atoms with E-state index in [1.165, 1.54) is 44.9 Å². The highest BCUT2D eigenvalue weighted by Crippen LogP contribution is 2.58. The molecule has 17 heavy (non-hydrogen) atoms. The maximum absolute atomic E-state index is 6.19. The minimum Gasteiger partial charge on any atom is -0.372 e. The fourth-order valence-electron chi connectivity index (χ4n) is 4.82. The number of hydrogen-bond acceptors (Lipinski definition) is 2. The van der Waals surface area contributed by atoms with Crippen molar-refractivity contribution in [2.75, 3.05) is 6.54 Å². The van der Waals surface area contributed by atoms with E-state index in [2.05, 4.69) is 13.8 Å². The molecule has 2 N–H and O–H groups in total. The predicted molar refractivity (Wildman–Crippen MR) is 69.7 cm³/mol. The quantitative estimate of drug-likeness (QED) is 0.818. The Morgan fingerprint density at radius 2 is 2.06 bits per heavy atom. The molecule has 0 aromatic carbocycles. The third kappa shape index (κ3) is 2.04. The number of hydrogen-bond donors (Lipinski definition) is 1. The van der Waals surface area contributed by atoms with Gasteiger partial charge in [0.2, 0.25) is 0 Å². The third-order valence-corrected chi connectivity index (χ3v) is 5.70. The summed E-state index contributed by atoms with van der Waals surface area (Å²) in [5.41, 5.74) is 6.69. The fraction of sp³-hybridized carbons (Fsp3) is 1.00. The Bertz CT molecular complexity index is 301. The molecular weight excluding hydrogens is 210 g/mol. The van der Waals surface area contributed by atoms with Crippen LogP contribution in [0.5, 0.6) is 0 Å². The highest BCUT2D eigenvalue weighted by atomic mass is 16.5. The van der Waals surface area contributed by atoms with Crippen LogP contribution in [0.4, 0.5) is 0 Å². The molecule has 4 unspecified atom stereocenters. The van der Waals surface area contributed by atoms with Gasteiger partial charge in [0.25, 0.3) is 0 Å². The molecule has 0 amide bonds. The van der Waals surface area contributed by atoms with E-state index in [-0.39, 0.29) is 5.60 Å². The van der Waals surface area contributed by atoms with Crippen LogP contribution in [0.1, 0.15) is 58.8 Å². The Morgan fingerprint density at radius 3 is 2.53 bits per heavy atom. The molecule has 1 heterocycles. The first-order valence-electron chi connectivity index (χ1n) is 7.41. The molecule has 0 aromatic heterocycles.